The molecule has 0 saturated carbocycles. The van der Waals surface area contributed by atoms with Crippen molar-refractivity contribution in [2.45, 2.75) is 25.9 Å². The molecule has 1 aliphatic heterocycles. The van der Waals surface area contributed by atoms with Crippen LogP contribution >= 0.6 is 0 Å². The quantitative estimate of drug-likeness (QED) is 0.654. The number of nitrogens with one attached hydrogen (secondary N) is 2. The van der Waals surface area contributed by atoms with Crippen LogP contribution in [0.3, 0.4) is 0 Å². The van der Waals surface area contributed by atoms with Crippen molar-refractivity contribution >= 4 is 23.4 Å². The smallest absolute Gasteiger partial charge is 0.353 e. The lowest BCUT2D eigenvalue weighted by Crippen LogP contribution is -2.49. The number of urea groups is 1. The molecule has 10 heteroatoms. The van der Waals surface area contributed by atoms with Crippen LogP contribution in [0.2, 0.25) is 0 Å². The van der Waals surface area contributed by atoms with Gasteiger partial charge in [0.15, 0.2) is 0 Å². The SMILES string of the molecule is CCCCNC(=O)Nc1ccc(N2CCN(C(=O)c3ccccc3C(F)(F)F)CC2)nc1. The Kier molecular flexibility index (Phi) is 7.55. The molecule has 2 heterocycles. The minimum Gasteiger partial charge on any atom is -0.353 e. The third-order valence-corrected chi connectivity index (χ3v) is 5.18. The highest BCUT2D eigenvalue weighted by atomic mass is 19.4. The maximum absolute atomic E-state index is 13.2. The number of pyridine rings is 1. The van der Waals surface area contributed by atoms with Gasteiger partial charge in [-0.2, -0.15) is 13.2 Å². The summed E-state index contributed by atoms with van der Waals surface area (Å²) in [5.41, 5.74) is -0.699. The Morgan fingerprint density at radius 1 is 1.06 bits per heavy atom. The molecule has 0 atom stereocenters. The number of hydrogen-bond acceptors (Lipinski definition) is 4. The number of carbonyl (C=O) groups excluding carboxylic acids is 2. The molecule has 7 nitrogen and oxygen atoms in total. The van der Waals surface area contributed by atoms with E-state index in [1.165, 1.54) is 23.1 Å². The Labute approximate surface area is 184 Å². The van der Waals surface area contributed by atoms with Gasteiger partial charge in [0.05, 0.1) is 23.0 Å². The van der Waals surface area contributed by atoms with Gasteiger partial charge >= 0.3 is 12.2 Å². The second-order valence-electron chi connectivity index (χ2n) is 7.46. The van der Waals surface area contributed by atoms with Crippen molar-refractivity contribution in [2.24, 2.45) is 0 Å². The number of nitrogens with zero attached hydrogens (tertiary/aromatic N) is 3. The van der Waals surface area contributed by atoms with E-state index in [9.17, 15) is 22.8 Å². The van der Waals surface area contributed by atoms with Gasteiger partial charge < -0.3 is 20.4 Å². The van der Waals surface area contributed by atoms with Crippen LogP contribution in [0.5, 0.6) is 0 Å². The van der Waals surface area contributed by atoms with Gasteiger partial charge in [-0.05, 0) is 30.7 Å². The molecule has 2 aromatic rings. The average molecular weight is 449 g/mol. The third kappa shape index (κ3) is 5.89. The number of rotatable bonds is 6. The predicted octanol–water partition coefficient (Wildman–Crippen LogP) is 3.98. The Morgan fingerprint density at radius 2 is 1.78 bits per heavy atom. The van der Waals surface area contributed by atoms with E-state index in [-0.39, 0.29) is 24.7 Å². The summed E-state index contributed by atoms with van der Waals surface area (Å²) in [5.74, 6) is 0.0453. The van der Waals surface area contributed by atoms with E-state index in [0.29, 0.717) is 31.1 Å². The summed E-state index contributed by atoms with van der Waals surface area (Å²) in [6, 6.07) is 8.05. The fourth-order valence-electron chi connectivity index (χ4n) is 3.43. The zero-order valence-corrected chi connectivity index (χ0v) is 17.8. The predicted molar refractivity (Wildman–Crippen MR) is 116 cm³/mol. The lowest BCUT2D eigenvalue weighted by Gasteiger charge is -2.35. The van der Waals surface area contributed by atoms with Crippen molar-refractivity contribution in [3.63, 3.8) is 0 Å². The fourth-order valence-corrected chi connectivity index (χ4v) is 3.43. The van der Waals surface area contributed by atoms with Gasteiger partial charge in [0.2, 0.25) is 0 Å². The van der Waals surface area contributed by atoms with Crippen LogP contribution in [0.4, 0.5) is 29.5 Å². The standard InChI is InChI=1S/C22H26F3N5O2/c1-2-3-10-26-21(32)28-16-8-9-19(27-15-16)29-11-13-30(14-12-29)20(31)17-6-4-5-7-18(17)22(23,24)25/h4-9,15H,2-3,10-14H2,1H3,(H2,26,28,32). The molecular formula is C22H26F3N5O2. The van der Waals surface area contributed by atoms with Gasteiger partial charge in [0.25, 0.3) is 5.91 Å². The summed E-state index contributed by atoms with van der Waals surface area (Å²) in [7, 11) is 0. The van der Waals surface area contributed by atoms with Crippen LogP contribution in [0.1, 0.15) is 35.7 Å². The number of anilines is 2. The zero-order valence-electron chi connectivity index (χ0n) is 17.8. The van der Waals surface area contributed by atoms with Crippen molar-refractivity contribution < 1.29 is 22.8 Å². The van der Waals surface area contributed by atoms with Crippen LogP contribution in [-0.2, 0) is 6.18 Å². The van der Waals surface area contributed by atoms with Crippen LogP contribution in [0.15, 0.2) is 42.6 Å². The molecule has 1 aromatic carbocycles. The number of piperazine rings is 1. The number of amides is 3. The van der Waals surface area contributed by atoms with E-state index in [4.69, 9.17) is 0 Å². The van der Waals surface area contributed by atoms with Crippen molar-refractivity contribution in [3.05, 3.63) is 53.7 Å². The van der Waals surface area contributed by atoms with E-state index in [2.05, 4.69) is 15.6 Å². The third-order valence-electron chi connectivity index (χ3n) is 5.18. The molecular weight excluding hydrogens is 423 g/mol. The largest absolute Gasteiger partial charge is 0.417 e. The highest BCUT2D eigenvalue weighted by Crippen LogP contribution is 2.32. The van der Waals surface area contributed by atoms with Crippen LogP contribution < -0.4 is 15.5 Å². The number of alkyl halides is 3. The Hall–Kier alpha value is -3.30. The van der Waals surface area contributed by atoms with Gasteiger partial charge in [0, 0.05) is 32.7 Å². The minimum absolute atomic E-state index is 0.284. The Morgan fingerprint density at radius 3 is 2.41 bits per heavy atom. The maximum Gasteiger partial charge on any atom is 0.417 e. The molecule has 172 valence electrons. The fraction of sp³-hybridized carbons (Fsp3) is 0.409. The Bertz CT molecular complexity index is 926. The average Bonchev–Trinajstić information content (AvgIpc) is 2.79. The minimum atomic E-state index is -4.58. The highest BCUT2D eigenvalue weighted by molar-refractivity contribution is 5.96. The number of unbranched alkanes of at least 4 members (excludes halogenated alkanes) is 1. The molecule has 0 radical (unpaired) electrons. The summed E-state index contributed by atoms with van der Waals surface area (Å²) in [6.07, 6.45) is -1.14. The first-order chi connectivity index (χ1) is 15.3. The second kappa shape index (κ2) is 10.3. The van der Waals surface area contributed by atoms with E-state index in [1.54, 1.807) is 18.3 Å². The molecule has 1 fully saturated rings. The molecule has 3 amide bonds. The molecule has 2 N–H and O–H groups in total. The molecule has 3 rings (SSSR count). The van der Waals surface area contributed by atoms with Crippen molar-refractivity contribution in [1.29, 1.82) is 0 Å². The number of hydrogen-bond donors (Lipinski definition) is 2. The normalized spacial score (nSPS) is 14.2. The zero-order chi connectivity index (χ0) is 23.1. The highest BCUT2D eigenvalue weighted by Gasteiger charge is 2.36. The number of halogens is 3. The van der Waals surface area contributed by atoms with Crippen LogP contribution in [0, 0.1) is 0 Å². The summed E-state index contributed by atoms with van der Waals surface area (Å²) >= 11 is 0. The Balaban J connectivity index is 1.56. The van der Waals surface area contributed by atoms with Crippen LogP contribution in [0.25, 0.3) is 0 Å². The molecule has 0 spiro atoms. The topological polar surface area (TPSA) is 77.6 Å². The molecule has 1 aromatic heterocycles. The summed E-state index contributed by atoms with van der Waals surface area (Å²) in [6.45, 7) is 4.09. The van der Waals surface area contributed by atoms with Crippen LogP contribution in [-0.4, -0.2) is 54.5 Å². The van der Waals surface area contributed by atoms with Gasteiger partial charge in [0.1, 0.15) is 5.82 Å². The molecule has 1 saturated heterocycles. The number of benzene rings is 1. The van der Waals surface area contributed by atoms with E-state index in [1.807, 2.05) is 11.8 Å². The van der Waals surface area contributed by atoms with Gasteiger partial charge in [-0.25, -0.2) is 9.78 Å². The number of carbonyl (C=O) groups is 2. The second-order valence-corrected chi connectivity index (χ2v) is 7.46. The first kappa shape index (κ1) is 23.4. The lowest BCUT2D eigenvalue weighted by atomic mass is 10.1. The van der Waals surface area contributed by atoms with E-state index >= 15 is 0 Å². The van der Waals surface area contributed by atoms with Gasteiger partial charge in [-0.3, -0.25) is 4.79 Å². The van der Waals surface area contributed by atoms with E-state index in [0.717, 1.165) is 18.9 Å². The van der Waals surface area contributed by atoms with Gasteiger partial charge in [-0.15, -0.1) is 0 Å². The molecule has 0 unspecified atom stereocenters. The first-order valence-corrected chi connectivity index (χ1v) is 10.5. The maximum atomic E-state index is 13.2. The summed E-state index contributed by atoms with van der Waals surface area (Å²) < 4.78 is 39.7. The van der Waals surface area contributed by atoms with E-state index < -0.39 is 17.6 Å². The molecule has 0 aliphatic carbocycles. The number of aromatic nitrogens is 1. The monoisotopic (exact) mass is 449 g/mol. The van der Waals surface area contributed by atoms with Gasteiger partial charge in [-0.1, -0.05) is 25.5 Å². The molecule has 0 bridgehead atoms. The van der Waals surface area contributed by atoms with Crippen molar-refractivity contribution in [2.75, 3.05) is 42.9 Å². The summed E-state index contributed by atoms with van der Waals surface area (Å²) in [5, 5.41) is 5.47. The molecule has 1 aliphatic rings. The molecule has 32 heavy (non-hydrogen) atoms. The summed E-state index contributed by atoms with van der Waals surface area (Å²) in [4.78, 5) is 32.2. The lowest BCUT2D eigenvalue weighted by molar-refractivity contribution is -0.138. The van der Waals surface area contributed by atoms with Crippen molar-refractivity contribution in [3.8, 4) is 0 Å². The van der Waals surface area contributed by atoms with Crippen molar-refractivity contribution in [1.82, 2.24) is 15.2 Å². The first-order valence-electron chi connectivity index (χ1n) is 10.5.